The maximum atomic E-state index is 11.8. The lowest BCUT2D eigenvalue weighted by molar-refractivity contribution is 0.198. The molecule has 6 nitrogen and oxygen atoms in total. The first kappa shape index (κ1) is 18.3. The Labute approximate surface area is 161 Å². The highest BCUT2D eigenvalue weighted by molar-refractivity contribution is 7.91. The van der Waals surface area contributed by atoms with Crippen LogP contribution in [-0.2, 0) is 16.1 Å². The van der Waals surface area contributed by atoms with Crippen molar-refractivity contribution < 1.29 is 8.95 Å². The smallest absolute Gasteiger partial charge is 0.128 e. The van der Waals surface area contributed by atoms with E-state index in [4.69, 9.17) is 9.52 Å². The van der Waals surface area contributed by atoms with Gasteiger partial charge in [-0.15, -0.1) is 0 Å². The molecule has 1 unspecified atom stereocenters. The van der Waals surface area contributed by atoms with Crippen molar-refractivity contribution in [2.24, 2.45) is 0 Å². The number of pyridine rings is 1. The van der Waals surface area contributed by atoms with Crippen molar-refractivity contribution in [3.63, 3.8) is 0 Å². The zero-order chi connectivity index (χ0) is 19.0. The van der Waals surface area contributed by atoms with Crippen LogP contribution in [-0.4, -0.2) is 53.1 Å². The highest BCUT2D eigenvalue weighted by Crippen LogP contribution is 2.31. The van der Waals surface area contributed by atoms with Crippen LogP contribution in [0.15, 0.2) is 41.4 Å². The van der Waals surface area contributed by atoms with E-state index in [0.29, 0.717) is 10.9 Å². The normalized spacial score (nSPS) is 20.6. The largest absolute Gasteiger partial charge is 0.493 e. The Morgan fingerprint density at radius 1 is 1.19 bits per heavy atom. The molecule has 0 amide bonds. The molecule has 1 saturated heterocycles. The average Bonchev–Trinajstić information content (AvgIpc) is 3.15. The Morgan fingerprint density at radius 3 is 2.63 bits per heavy atom. The molecule has 1 fully saturated rings. The second-order valence-electron chi connectivity index (χ2n) is 7.36. The molecule has 2 aliphatic heterocycles. The molecule has 2 atom stereocenters. The molecular weight excluding hydrogens is 360 g/mol. The van der Waals surface area contributed by atoms with Gasteiger partial charge in [0.2, 0.25) is 0 Å². The van der Waals surface area contributed by atoms with Crippen molar-refractivity contribution in [2.75, 3.05) is 43.9 Å². The first-order chi connectivity index (χ1) is 12.9. The Bertz CT molecular complexity index is 919. The van der Waals surface area contributed by atoms with Crippen molar-refractivity contribution in [1.82, 2.24) is 9.88 Å². The van der Waals surface area contributed by atoms with Gasteiger partial charge >= 0.3 is 0 Å². The number of hydrogen-bond donors (Lipinski definition) is 1. The van der Waals surface area contributed by atoms with Crippen LogP contribution in [0.3, 0.4) is 0 Å². The lowest BCUT2D eigenvalue weighted by Gasteiger charge is -2.38. The molecule has 1 aromatic heterocycles. The first-order valence-electron chi connectivity index (χ1n) is 9.36. The van der Waals surface area contributed by atoms with Crippen LogP contribution < -0.4 is 9.64 Å². The number of ether oxygens (including phenoxy) is 1. The number of rotatable bonds is 4. The monoisotopic (exact) mass is 386 g/mol. The van der Waals surface area contributed by atoms with Gasteiger partial charge in [-0.3, -0.25) is 4.90 Å². The number of fused-ring (bicyclic) bond motifs is 1. The number of hydrogen-bond acceptors (Lipinski definition) is 6. The Balaban J connectivity index is 1.40. The molecule has 7 heteroatoms. The number of piperazine rings is 1. The van der Waals surface area contributed by atoms with Gasteiger partial charge in [-0.25, -0.2) is 14.0 Å². The average molecular weight is 387 g/mol. The Hall–Kier alpha value is -2.12. The summed E-state index contributed by atoms with van der Waals surface area (Å²) in [7, 11) is -2.70. The van der Waals surface area contributed by atoms with Gasteiger partial charge < -0.3 is 9.64 Å². The van der Waals surface area contributed by atoms with Crippen LogP contribution in [0.5, 0.6) is 5.75 Å². The highest BCUT2D eigenvalue weighted by Gasteiger charge is 2.24. The molecule has 4 rings (SSSR count). The molecule has 0 aliphatic carbocycles. The van der Waals surface area contributed by atoms with Crippen molar-refractivity contribution in [3.05, 3.63) is 47.7 Å². The van der Waals surface area contributed by atoms with Crippen molar-refractivity contribution in [2.45, 2.75) is 24.3 Å². The predicted molar refractivity (Wildman–Crippen MR) is 107 cm³/mol. The summed E-state index contributed by atoms with van der Waals surface area (Å²) in [5.41, 5.74) is 2.62. The van der Waals surface area contributed by atoms with Gasteiger partial charge in [-0.2, -0.15) is 0 Å². The van der Waals surface area contributed by atoms with E-state index in [1.807, 2.05) is 6.07 Å². The summed E-state index contributed by atoms with van der Waals surface area (Å²) in [6.45, 7) is 6.79. The maximum Gasteiger partial charge on any atom is 0.128 e. The van der Waals surface area contributed by atoms with Crippen LogP contribution in [0.4, 0.5) is 5.82 Å². The maximum absolute atomic E-state index is 11.8. The molecule has 3 heterocycles. The van der Waals surface area contributed by atoms with E-state index in [0.717, 1.165) is 50.8 Å². The Kier molecular flexibility index (Phi) is 4.82. The fourth-order valence-electron chi connectivity index (χ4n) is 3.78. The summed E-state index contributed by atoms with van der Waals surface area (Å²) >= 11 is 0. The molecule has 0 saturated carbocycles. The van der Waals surface area contributed by atoms with Gasteiger partial charge in [0.05, 0.1) is 21.2 Å². The molecule has 1 aromatic carbocycles. The molecule has 2 aliphatic rings. The summed E-state index contributed by atoms with van der Waals surface area (Å²) in [5.74, 6) is 1.94. The van der Waals surface area contributed by atoms with E-state index in [-0.39, 0.29) is 0 Å². The fraction of sp³-hybridized carbons (Fsp3) is 0.450. The molecule has 0 bridgehead atoms. The molecular formula is C20H26N4O2S. The molecule has 27 heavy (non-hydrogen) atoms. The van der Waals surface area contributed by atoms with Crippen LogP contribution >= 0.6 is 0 Å². The van der Waals surface area contributed by atoms with Gasteiger partial charge in [0, 0.05) is 51.1 Å². The van der Waals surface area contributed by atoms with E-state index in [1.165, 1.54) is 17.4 Å². The van der Waals surface area contributed by atoms with Gasteiger partial charge in [0.15, 0.2) is 0 Å². The minimum atomic E-state index is -2.70. The van der Waals surface area contributed by atoms with E-state index in [9.17, 15) is 4.21 Å². The lowest BCUT2D eigenvalue weighted by atomic mass is 10.0. The molecule has 2 aromatic rings. The van der Waals surface area contributed by atoms with Gasteiger partial charge in [0.1, 0.15) is 11.6 Å². The van der Waals surface area contributed by atoms with E-state index in [1.54, 1.807) is 12.3 Å². The number of anilines is 1. The molecule has 0 radical (unpaired) electrons. The zero-order valence-corrected chi connectivity index (χ0v) is 16.7. The zero-order valence-electron chi connectivity index (χ0n) is 15.9. The standard InChI is InChI=1S/C20H26N4O2S/c1-15(17-4-3-16-7-12-26-19(16)13-17)23-8-10-24(11-9-23)20-6-5-18(14-22-20)27(2,21)25/h3-6,13-15,21H,7-12H2,1-2H3/t15-,27?/m1/s1. The fourth-order valence-corrected chi connectivity index (χ4v) is 4.36. The summed E-state index contributed by atoms with van der Waals surface area (Å²) in [6, 6.07) is 10.6. The number of aromatic nitrogens is 1. The van der Waals surface area contributed by atoms with Crippen LogP contribution in [0.1, 0.15) is 24.1 Å². The molecule has 0 spiro atoms. The topological polar surface area (TPSA) is 69.5 Å². The van der Waals surface area contributed by atoms with Gasteiger partial charge in [-0.05, 0) is 36.2 Å². The van der Waals surface area contributed by atoms with E-state index >= 15 is 0 Å². The predicted octanol–water partition coefficient (Wildman–Crippen LogP) is 2.94. The van der Waals surface area contributed by atoms with Crippen LogP contribution in [0.2, 0.25) is 0 Å². The van der Waals surface area contributed by atoms with Crippen molar-refractivity contribution >= 4 is 15.5 Å². The summed E-state index contributed by atoms with van der Waals surface area (Å²) < 4.78 is 25.2. The number of benzene rings is 1. The quantitative estimate of drug-likeness (QED) is 0.875. The SMILES string of the molecule is C[C@H](c1ccc2c(c1)OCC2)N1CCN(c2ccc(S(C)(=N)=O)cn2)CC1. The van der Waals surface area contributed by atoms with E-state index < -0.39 is 9.73 Å². The third kappa shape index (κ3) is 3.80. The summed E-state index contributed by atoms with van der Waals surface area (Å²) in [4.78, 5) is 9.65. The summed E-state index contributed by atoms with van der Waals surface area (Å²) in [5, 5.41) is 0. The van der Waals surface area contributed by atoms with Crippen molar-refractivity contribution in [3.8, 4) is 5.75 Å². The lowest BCUT2D eigenvalue weighted by Crippen LogP contribution is -2.47. The minimum absolute atomic E-state index is 0.352. The molecule has 144 valence electrons. The van der Waals surface area contributed by atoms with Gasteiger partial charge in [0.25, 0.3) is 0 Å². The third-order valence-corrected chi connectivity index (χ3v) is 6.70. The number of nitrogens with one attached hydrogen (secondary N) is 1. The minimum Gasteiger partial charge on any atom is -0.493 e. The Morgan fingerprint density at radius 2 is 1.96 bits per heavy atom. The highest BCUT2D eigenvalue weighted by atomic mass is 32.2. The number of nitrogens with zero attached hydrogens (tertiary/aromatic N) is 3. The van der Waals surface area contributed by atoms with Crippen molar-refractivity contribution in [1.29, 1.82) is 4.78 Å². The summed E-state index contributed by atoms with van der Waals surface area (Å²) in [6.07, 6.45) is 4.01. The second kappa shape index (κ2) is 7.13. The van der Waals surface area contributed by atoms with Crippen LogP contribution in [0, 0.1) is 4.78 Å². The van der Waals surface area contributed by atoms with Crippen LogP contribution in [0.25, 0.3) is 0 Å². The first-order valence-corrected chi connectivity index (χ1v) is 11.3. The van der Waals surface area contributed by atoms with Gasteiger partial charge in [-0.1, -0.05) is 12.1 Å². The molecule has 1 N–H and O–H groups in total. The third-order valence-electron chi connectivity index (χ3n) is 5.56. The second-order valence-corrected chi connectivity index (χ2v) is 9.52. The van der Waals surface area contributed by atoms with E-state index in [2.05, 4.69) is 39.9 Å².